The molecular weight excluding hydrogens is 219 g/mol. The van der Waals surface area contributed by atoms with Crippen LogP contribution in [0, 0.1) is 5.82 Å². The smallest absolute Gasteiger partial charge is 0.233 e. The summed E-state index contributed by atoms with van der Waals surface area (Å²) in [6.07, 6.45) is 2.11. The normalized spacial score (nSPS) is 20.5. The van der Waals surface area contributed by atoms with Crippen LogP contribution in [0.3, 0.4) is 0 Å². The lowest BCUT2D eigenvalue weighted by Crippen LogP contribution is -2.35. The van der Waals surface area contributed by atoms with Gasteiger partial charge in [-0.3, -0.25) is 9.69 Å². The highest BCUT2D eigenvalue weighted by atomic mass is 19.1. The van der Waals surface area contributed by atoms with E-state index < -0.39 is 0 Å². The molecular formula is C13H17FN2O. The zero-order chi connectivity index (χ0) is 12.3. The molecule has 0 bridgehead atoms. The van der Waals surface area contributed by atoms with Crippen LogP contribution in [0.5, 0.6) is 0 Å². The van der Waals surface area contributed by atoms with Gasteiger partial charge in [0.1, 0.15) is 5.82 Å². The van der Waals surface area contributed by atoms with E-state index in [2.05, 4.69) is 10.2 Å². The van der Waals surface area contributed by atoms with Crippen LogP contribution in [-0.2, 0) is 4.79 Å². The van der Waals surface area contributed by atoms with Crippen molar-refractivity contribution in [3.05, 3.63) is 35.6 Å². The molecule has 1 unspecified atom stereocenters. The van der Waals surface area contributed by atoms with Crippen molar-refractivity contribution in [2.24, 2.45) is 0 Å². The van der Waals surface area contributed by atoms with Gasteiger partial charge < -0.3 is 5.32 Å². The van der Waals surface area contributed by atoms with E-state index in [0.717, 1.165) is 24.9 Å². The summed E-state index contributed by atoms with van der Waals surface area (Å²) in [6.45, 7) is 1.34. The predicted octanol–water partition coefficient (Wildman–Crippen LogP) is 1.71. The number of nitrogens with one attached hydrogen (secondary N) is 1. The van der Waals surface area contributed by atoms with Crippen molar-refractivity contribution in [1.29, 1.82) is 0 Å². The van der Waals surface area contributed by atoms with Crippen LogP contribution in [0.4, 0.5) is 4.39 Å². The molecule has 1 aromatic carbocycles. The molecule has 1 N–H and O–H groups in total. The van der Waals surface area contributed by atoms with Crippen molar-refractivity contribution in [2.45, 2.75) is 18.9 Å². The Morgan fingerprint density at radius 2 is 2.18 bits per heavy atom. The Bertz CT molecular complexity index is 391. The van der Waals surface area contributed by atoms with Gasteiger partial charge in [0.15, 0.2) is 0 Å². The Balaban J connectivity index is 2.08. The molecule has 1 heterocycles. The van der Waals surface area contributed by atoms with Gasteiger partial charge in [-0.15, -0.1) is 0 Å². The number of amides is 1. The topological polar surface area (TPSA) is 32.3 Å². The van der Waals surface area contributed by atoms with Gasteiger partial charge in [0.25, 0.3) is 0 Å². The average molecular weight is 236 g/mol. The summed E-state index contributed by atoms with van der Waals surface area (Å²) in [5.74, 6) is -0.191. The number of likely N-dealkylation sites (N-methyl/N-ethyl adjacent to an activating group) is 1. The maximum absolute atomic E-state index is 12.9. The summed E-state index contributed by atoms with van der Waals surface area (Å²) in [4.78, 5) is 13.5. The maximum Gasteiger partial charge on any atom is 0.233 e. The number of halogens is 1. The first-order valence-electron chi connectivity index (χ1n) is 5.91. The number of benzene rings is 1. The molecule has 0 aliphatic carbocycles. The monoisotopic (exact) mass is 236 g/mol. The molecule has 3 nitrogen and oxygen atoms in total. The van der Waals surface area contributed by atoms with Gasteiger partial charge in [0.2, 0.25) is 5.91 Å². The second-order valence-corrected chi connectivity index (χ2v) is 4.35. The number of carbonyl (C=O) groups excluding carboxylic acids is 1. The van der Waals surface area contributed by atoms with E-state index in [0.29, 0.717) is 6.54 Å². The summed E-state index contributed by atoms with van der Waals surface area (Å²) < 4.78 is 12.9. The predicted molar refractivity (Wildman–Crippen MR) is 64.0 cm³/mol. The number of nitrogens with zero attached hydrogens (tertiary/aromatic N) is 1. The summed E-state index contributed by atoms with van der Waals surface area (Å²) in [5, 5.41) is 2.63. The number of rotatable bonds is 3. The molecule has 0 spiro atoms. The van der Waals surface area contributed by atoms with Crippen molar-refractivity contribution in [3.8, 4) is 0 Å². The maximum atomic E-state index is 12.9. The lowest BCUT2D eigenvalue weighted by Gasteiger charge is -2.23. The first kappa shape index (κ1) is 12.0. The molecule has 1 atom stereocenters. The molecule has 1 aromatic rings. The van der Waals surface area contributed by atoms with Crippen LogP contribution in [0.25, 0.3) is 0 Å². The SMILES string of the molecule is CNC(=O)CN1CCCC1c1ccc(F)cc1. The van der Waals surface area contributed by atoms with Crippen LogP contribution in [0.1, 0.15) is 24.4 Å². The summed E-state index contributed by atoms with van der Waals surface area (Å²) in [7, 11) is 1.64. The van der Waals surface area contributed by atoms with E-state index in [-0.39, 0.29) is 17.8 Å². The number of carbonyl (C=O) groups is 1. The molecule has 0 aromatic heterocycles. The second-order valence-electron chi connectivity index (χ2n) is 4.35. The molecule has 1 aliphatic rings. The third kappa shape index (κ3) is 2.82. The quantitative estimate of drug-likeness (QED) is 0.866. The van der Waals surface area contributed by atoms with Crippen LogP contribution in [0.15, 0.2) is 24.3 Å². The number of likely N-dealkylation sites (tertiary alicyclic amines) is 1. The minimum absolute atomic E-state index is 0.0269. The number of hydrogen-bond acceptors (Lipinski definition) is 2. The lowest BCUT2D eigenvalue weighted by atomic mass is 10.0. The van der Waals surface area contributed by atoms with Gasteiger partial charge in [-0.05, 0) is 37.1 Å². The van der Waals surface area contributed by atoms with Gasteiger partial charge in [-0.2, -0.15) is 0 Å². The van der Waals surface area contributed by atoms with E-state index in [1.54, 1.807) is 7.05 Å². The molecule has 1 aliphatic heterocycles. The highest BCUT2D eigenvalue weighted by Crippen LogP contribution is 2.31. The third-order valence-corrected chi connectivity index (χ3v) is 3.24. The fourth-order valence-corrected chi connectivity index (χ4v) is 2.34. The minimum Gasteiger partial charge on any atom is -0.358 e. The first-order chi connectivity index (χ1) is 8.20. The van der Waals surface area contributed by atoms with Crippen LogP contribution in [-0.4, -0.2) is 30.9 Å². The number of hydrogen-bond donors (Lipinski definition) is 1. The van der Waals surface area contributed by atoms with Gasteiger partial charge in [-0.1, -0.05) is 12.1 Å². The van der Waals surface area contributed by atoms with Crippen LogP contribution >= 0.6 is 0 Å². The van der Waals surface area contributed by atoms with Crippen LogP contribution < -0.4 is 5.32 Å². The highest BCUT2D eigenvalue weighted by Gasteiger charge is 2.27. The first-order valence-corrected chi connectivity index (χ1v) is 5.91. The Morgan fingerprint density at radius 1 is 1.47 bits per heavy atom. The molecule has 1 saturated heterocycles. The van der Waals surface area contributed by atoms with Crippen molar-refractivity contribution < 1.29 is 9.18 Å². The van der Waals surface area contributed by atoms with E-state index in [1.807, 2.05) is 12.1 Å². The van der Waals surface area contributed by atoms with E-state index >= 15 is 0 Å². The van der Waals surface area contributed by atoms with Gasteiger partial charge in [-0.25, -0.2) is 4.39 Å². The molecule has 1 fully saturated rings. The summed E-state index contributed by atoms with van der Waals surface area (Å²) in [5.41, 5.74) is 1.09. The van der Waals surface area contributed by atoms with E-state index in [1.165, 1.54) is 12.1 Å². The molecule has 17 heavy (non-hydrogen) atoms. The Labute approximate surface area is 101 Å². The molecule has 4 heteroatoms. The Kier molecular flexibility index (Phi) is 3.74. The summed E-state index contributed by atoms with van der Waals surface area (Å²) >= 11 is 0. The third-order valence-electron chi connectivity index (χ3n) is 3.24. The molecule has 0 radical (unpaired) electrons. The highest BCUT2D eigenvalue weighted by molar-refractivity contribution is 5.77. The Morgan fingerprint density at radius 3 is 2.82 bits per heavy atom. The molecule has 2 rings (SSSR count). The second kappa shape index (κ2) is 5.27. The lowest BCUT2D eigenvalue weighted by molar-refractivity contribution is -0.122. The van der Waals surface area contributed by atoms with Crippen molar-refractivity contribution in [1.82, 2.24) is 10.2 Å². The summed E-state index contributed by atoms with van der Waals surface area (Å²) in [6, 6.07) is 6.81. The largest absolute Gasteiger partial charge is 0.358 e. The fraction of sp³-hybridized carbons (Fsp3) is 0.462. The fourth-order valence-electron chi connectivity index (χ4n) is 2.34. The van der Waals surface area contributed by atoms with Crippen molar-refractivity contribution in [3.63, 3.8) is 0 Å². The van der Waals surface area contributed by atoms with Crippen molar-refractivity contribution >= 4 is 5.91 Å². The van der Waals surface area contributed by atoms with Crippen LogP contribution in [0.2, 0.25) is 0 Å². The van der Waals surface area contributed by atoms with E-state index in [9.17, 15) is 9.18 Å². The van der Waals surface area contributed by atoms with Gasteiger partial charge in [0.05, 0.1) is 6.54 Å². The zero-order valence-corrected chi connectivity index (χ0v) is 9.95. The molecule has 0 saturated carbocycles. The van der Waals surface area contributed by atoms with Crippen molar-refractivity contribution in [2.75, 3.05) is 20.1 Å². The minimum atomic E-state index is -0.218. The molecule has 92 valence electrons. The average Bonchev–Trinajstić information content (AvgIpc) is 2.78. The van der Waals surface area contributed by atoms with E-state index in [4.69, 9.17) is 0 Å². The standard InChI is InChI=1S/C13H17FN2O/c1-15-13(17)9-16-8-2-3-12(16)10-4-6-11(14)7-5-10/h4-7,12H,2-3,8-9H2,1H3,(H,15,17). The Hall–Kier alpha value is -1.42. The van der Waals surface area contributed by atoms with Gasteiger partial charge in [0, 0.05) is 13.1 Å². The zero-order valence-electron chi connectivity index (χ0n) is 9.95. The van der Waals surface area contributed by atoms with Gasteiger partial charge >= 0.3 is 0 Å². The molecule has 1 amide bonds.